The van der Waals surface area contributed by atoms with E-state index in [-0.39, 0.29) is 11.4 Å². The monoisotopic (exact) mass is 422 g/mol. The van der Waals surface area contributed by atoms with Gasteiger partial charge in [-0.15, -0.1) is 0 Å². The number of carbonyl (C=O) groups excluding carboxylic acids is 1. The molecule has 0 saturated heterocycles. The molecule has 0 aliphatic carbocycles. The first-order valence-corrected chi connectivity index (χ1v) is 10.6. The summed E-state index contributed by atoms with van der Waals surface area (Å²) in [6.45, 7) is 5.98. The molecule has 0 heterocycles. The first kappa shape index (κ1) is 21.4. The maximum Gasteiger partial charge on any atom is 0.193 e. The Labute approximate surface area is 189 Å². The predicted octanol–water partition coefficient (Wildman–Crippen LogP) is 7.55. The summed E-state index contributed by atoms with van der Waals surface area (Å²) in [5.74, 6) is 2.14. The summed E-state index contributed by atoms with van der Waals surface area (Å²) >= 11 is 0. The van der Waals surface area contributed by atoms with Crippen LogP contribution in [0, 0.1) is 0 Å². The van der Waals surface area contributed by atoms with Crippen molar-refractivity contribution in [2.24, 2.45) is 0 Å². The van der Waals surface area contributed by atoms with Gasteiger partial charge >= 0.3 is 0 Å². The number of ketones is 1. The highest BCUT2D eigenvalue weighted by Crippen LogP contribution is 2.26. The average molecular weight is 423 g/mol. The number of hydrogen-bond acceptors (Lipinski definition) is 3. The van der Waals surface area contributed by atoms with E-state index in [1.165, 1.54) is 5.56 Å². The molecule has 0 spiro atoms. The van der Waals surface area contributed by atoms with Crippen LogP contribution in [0.25, 0.3) is 11.1 Å². The van der Waals surface area contributed by atoms with Gasteiger partial charge in [0.2, 0.25) is 0 Å². The molecule has 0 bridgehead atoms. The van der Waals surface area contributed by atoms with Crippen molar-refractivity contribution in [3.05, 3.63) is 114 Å². The zero-order valence-corrected chi connectivity index (χ0v) is 18.5. The first-order valence-electron chi connectivity index (χ1n) is 10.6. The lowest BCUT2D eigenvalue weighted by Crippen LogP contribution is -2.22. The second kappa shape index (κ2) is 9.11. The standard InChI is InChI=1S/C29H26O3/c1-29(2,3)32-27-19-13-24(14-20-27)28(30)23-11-17-26(18-12-23)31-25-15-9-22(10-16-25)21-7-5-4-6-8-21/h4-20H,1-3H3. The van der Waals surface area contributed by atoms with E-state index in [1.807, 2.05) is 87.5 Å². The quantitative estimate of drug-likeness (QED) is 0.301. The van der Waals surface area contributed by atoms with E-state index in [4.69, 9.17) is 9.47 Å². The summed E-state index contributed by atoms with van der Waals surface area (Å²) in [4.78, 5) is 12.8. The number of carbonyl (C=O) groups is 1. The third-order valence-electron chi connectivity index (χ3n) is 4.85. The Morgan fingerprint density at radius 1 is 0.562 bits per heavy atom. The largest absolute Gasteiger partial charge is 0.488 e. The van der Waals surface area contributed by atoms with Crippen LogP contribution in [0.1, 0.15) is 36.7 Å². The van der Waals surface area contributed by atoms with Gasteiger partial charge in [0.1, 0.15) is 22.8 Å². The van der Waals surface area contributed by atoms with Crippen molar-refractivity contribution < 1.29 is 14.3 Å². The normalized spacial score (nSPS) is 11.1. The van der Waals surface area contributed by atoms with Crippen LogP contribution in [0.5, 0.6) is 17.2 Å². The molecule has 32 heavy (non-hydrogen) atoms. The van der Waals surface area contributed by atoms with Crippen LogP contribution in [-0.4, -0.2) is 11.4 Å². The molecule has 160 valence electrons. The Kier molecular flexibility index (Phi) is 6.09. The van der Waals surface area contributed by atoms with E-state index in [0.717, 1.165) is 17.1 Å². The van der Waals surface area contributed by atoms with E-state index in [1.54, 1.807) is 24.3 Å². The lowest BCUT2D eigenvalue weighted by molar-refractivity contribution is 0.103. The molecular formula is C29H26O3. The maximum absolute atomic E-state index is 12.8. The predicted molar refractivity (Wildman–Crippen MR) is 129 cm³/mol. The van der Waals surface area contributed by atoms with Crippen molar-refractivity contribution in [3.8, 4) is 28.4 Å². The SMILES string of the molecule is CC(C)(C)Oc1ccc(C(=O)c2ccc(Oc3ccc(-c4ccccc4)cc3)cc2)cc1. The fraction of sp³-hybridized carbons (Fsp3) is 0.138. The first-order chi connectivity index (χ1) is 15.4. The molecule has 4 aromatic carbocycles. The number of benzene rings is 4. The van der Waals surface area contributed by atoms with Gasteiger partial charge in [0, 0.05) is 11.1 Å². The molecule has 4 rings (SSSR count). The Bertz CT molecular complexity index is 1170. The van der Waals surface area contributed by atoms with Crippen molar-refractivity contribution in [2.75, 3.05) is 0 Å². The molecule has 0 N–H and O–H groups in total. The van der Waals surface area contributed by atoms with Gasteiger partial charge < -0.3 is 9.47 Å². The van der Waals surface area contributed by atoms with Crippen LogP contribution in [0.2, 0.25) is 0 Å². The van der Waals surface area contributed by atoms with Crippen molar-refractivity contribution in [1.82, 2.24) is 0 Å². The molecule has 0 saturated carbocycles. The Hall–Kier alpha value is -3.85. The lowest BCUT2D eigenvalue weighted by Gasteiger charge is -2.21. The minimum atomic E-state index is -0.275. The highest BCUT2D eigenvalue weighted by atomic mass is 16.5. The van der Waals surface area contributed by atoms with E-state index in [0.29, 0.717) is 16.9 Å². The third kappa shape index (κ3) is 5.44. The molecule has 3 heteroatoms. The smallest absolute Gasteiger partial charge is 0.193 e. The molecule has 0 fully saturated rings. The Morgan fingerprint density at radius 2 is 1.00 bits per heavy atom. The van der Waals surface area contributed by atoms with Gasteiger partial charge in [-0.1, -0.05) is 42.5 Å². The van der Waals surface area contributed by atoms with E-state index in [2.05, 4.69) is 12.1 Å². The van der Waals surface area contributed by atoms with Gasteiger partial charge in [-0.05, 0) is 92.6 Å². The Balaban J connectivity index is 1.41. The third-order valence-corrected chi connectivity index (χ3v) is 4.85. The van der Waals surface area contributed by atoms with E-state index in [9.17, 15) is 4.79 Å². The van der Waals surface area contributed by atoms with Gasteiger partial charge in [0.05, 0.1) is 0 Å². The van der Waals surface area contributed by atoms with Crippen LogP contribution >= 0.6 is 0 Å². The van der Waals surface area contributed by atoms with Gasteiger partial charge in [-0.25, -0.2) is 0 Å². The molecule has 0 amide bonds. The highest BCUT2D eigenvalue weighted by Gasteiger charge is 2.13. The van der Waals surface area contributed by atoms with Crippen molar-refractivity contribution in [2.45, 2.75) is 26.4 Å². The summed E-state index contributed by atoms with van der Waals surface area (Å²) in [5, 5.41) is 0. The molecule has 0 atom stereocenters. The zero-order chi connectivity index (χ0) is 22.6. The minimum absolute atomic E-state index is 0.0360. The van der Waals surface area contributed by atoms with Gasteiger partial charge in [0.15, 0.2) is 5.78 Å². The lowest BCUT2D eigenvalue weighted by atomic mass is 10.0. The number of rotatable bonds is 6. The minimum Gasteiger partial charge on any atom is -0.488 e. The summed E-state index contributed by atoms with van der Waals surface area (Å²) in [7, 11) is 0. The highest BCUT2D eigenvalue weighted by molar-refractivity contribution is 6.09. The van der Waals surface area contributed by atoms with Gasteiger partial charge in [-0.2, -0.15) is 0 Å². The fourth-order valence-corrected chi connectivity index (χ4v) is 3.35. The van der Waals surface area contributed by atoms with Crippen molar-refractivity contribution >= 4 is 5.78 Å². The van der Waals surface area contributed by atoms with Crippen LogP contribution < -0.4 is 9.47 Å². The van der Waals surface area contributed by atoms with Crippen molar-refractivity contribution in [1.29, 1.82) is 0 Å². The van der Waals surface area contributed by atoms with Gasteiger partial charge in [0.25, 0.3) is 0 Å². The molecule has 4 aromatic rings. The maximum atomic E-state index is 12.8. The second-order valence-corrected chi connectivity index (χ2v) is 8.58. The van der Waals surface area contributed by atoms with Crippen LogP contribution in [-0.2, 0) is 0 Å². The molecular weight excluding hydrogens is 396 g/mol. The molecule has 0 aromatic heterocycles. The summed E-state index contributed by atoms with van der Waals surface area (Å²) in [5.41, 5.74) is 3.26. The van der Waals surface area contributed by atoms with Crippen LogP contribution in [0.4, 0.5) is 0 Å². The fourth-order valence-electron chi connectivity index (χ4n) is 3.35. The second-order valence-electron chi connectivity index (χ2n) is 8.58. The molecule has 0 aliphatic heterocycles. The molecule has 0 unspecified atom stereocenters. The zero-order valence-electron chi connectivity index (χ0n) is 18.5. The summed E-state index contributed by atoms with van der Waals surface area (Å²) in [6.07, 6.45) is 0. The number of hydrogen-bond donors (Lipinski definition) is 0. The topological polar surface area (TPSA) is 35.5 Å². The van der Waals surface area contributed by atoms with Crippen molar-refractivity contribution in [3.63, 3.8) is 0 Å². The van der Waals surface area contributed by atoms with Gasteiger partial charge in [-0.3, -0.25) is 4.79 Å². The molecule has 0 aliphatic rings. The number of ether oxygens (including phenoxy) is 2. The van der Waals surface area contributed by atoms with Crippen LogP contribution in [0.15, 0.2) is 103 Å². The summed E-state index contributed by atoms with van der Waals surface area (Å²) in [6, 6.07) is 32.6. The average Bonchev–Trinajstić information content (AvgIpc) is 2.80. The summed E-state index contributed by atoms with van der Waals surface area (Å²) < 4.78 is 11.8. The van der Waals surface area contributed by atoms with E-state index < -0.39 is 0 Å². The Morgan fingerprint density at radius 3 is 1.50 bits per heavy atom. The molecule has 0 radical (unpaired) electrons. The van der Waals surface area contributed by atoms with Crippen LogP contribution in [0.3, 0.4) is 0 Å². The van der Waals surface area contributed by atoms with E-state index >= 15 is 0 Å². The molecule has 3 nitrogen and oxygen atoms in total.